The highest BCUT2D eigenvalue weighted by molar-refractivity contribution is 5.93. The maximum Gasteiger partial charge on any atom is 0.272 e. The van der Waals surface area contributed by atoms with E-state index in [-0.39, 0.29) is 5.91 Å². The Morgan fingerprint density at radius 2 is 1.64 bits per heavy atom. The number of amides is 1. The van der Waals surface area contributed by atoms with E-state index in [1.165, 1.54) is 0 Å². The first-order valence-corrected chi connectivity index (χ1v) is 9.76. The number of piperazine rings is 1. The number of carbonyl (C=O) groups is 1. The van der Waals surface area contributed by atoms with Crippen molar-refractivity contribution in [3.63, 3.8) is 0 Å². The molecule has 0 N–H and O–H groups in total. The van der Waals surface area contributed by atoms with E-state index >= 15 is 0 Å². The van der Waals surface area contributed by atoms with Crippen molar-refractivity contribution in [1.29, 1.82) is 0 Å². The van der Waals surface area contributed by atoms with Crippen LogP contribution in [0, 0.1) is 0 Å². The molecule has 0 bridgehead atoms. The van der Waals surface area contributed by atoms with E-state index in [0.29, 0.717) is 24.7 Å². The molecule has 0 spiro atoms. The summed E-state index contributed by atoms with van der Waals surface area (Å²) in [5.41, 5.74) is 2.61. The Balaban J connectivity index is 1.37. The number of hydrogen-bond donors (Lipinski definition) is 0. The van der Waals surface area contributed by atoms with Gasteiger partial charge in [0.1, 0.15) is 5.69 Å². The zero-order valence-corrected chi connectivity index (χ0v) is 15.6. The molecule has 0 unspecified atom stereocenters. The number of anilines is 1. The topological polar surface area (TPSA) is 67.2 Å². The van der Waals surface area contributed by atoms with Crippen LogP contribution in [-0.4, -0.2) is 56.7 Å². The van der Waals surface area contributed by atoms with Gasteiger partial charge in [-0.15, -0.1) is 0 Å². The van der Waals surface area contributed by atoms with Crippen LogP contribution in [0.3, 0.4) is 0 Å². The van der Waals surface area contributed by atoms with E-state index in [0.717, 1.165) is 43.3 Å². The highest BCUT2D eigenvalue weighted by Gasteiger charge is 2.31. The Labute approximate surface area is 163 Å². The number of para-hydroxylation sites is 1. The van der Waals surface area contributed by atoms with Crippen LogP contribution < -0.4 is 4.90 Å². The molecule has 3 aromatic rings. The third-order valence-corrected chi connectivity index (χ3v) is 5.35. The largest absolute Gasteiger partial charge is 0.337 e. The molecular formula is C21H22N6O. The Kier molecular flexibility index (Phi) is 4.27. The SMILES string of the molecule is O=C(c1cc(C2CC2)nn1-c1ccccc1)N1CCN(c2ncccn2)CC1. The molecule has 5 rings (SSSR count). The summed E-state index contributed by atoms with van der Waals surface area (Å²) in [7, 11) is 0. The number of benzene rings is 1. The predicted molar refractivity (Wildman–Crippen MR) is 106 cm³/mol. The summed E-state index contributed by atoms with van der Waals surface area (Å²) in [5.74, 6) is 1.26. The number of nitrogens with zero attached hydrogens (tertiary/aromatic N) is 6. The van der Waals surface area contributed by atoms with Gasteiger partial charge in [-0.25, -0.2) is 14.6 Å². The van der Waals surface area contributed by atoms with Crippen LogP contribution in [0.2, 0.25) is 0 Å². The first-order valence-electron chi connectivity index (χ1n) is 9.76. The first kappa shape index (κ1) is 16.9. The molecular weight excluding hydrogens is 352 g/mol. The normalized spacial score (nSPS) is 17.0. The maximum absolute atomic E-state index is 13.3. The minimum absolute atomic E-state index is 0.0388. The van der Waals surface area contributed by atoms with Crippen LogP contribution in [0.15, 0.2) is 54.9 Å². The average Bonchev–Trinajstić information content (AvgIpc) is 3.53. The van der Waals surface area contributed by atoms with Crippen molar-refractivity contribution in [1.82, 2.24) is 24.6 Å². The molecule has 1 aliphatic carbocycles. The monoisotopic (exact) mass is 374 g/mol. The lowest BCUT2D eigenvalue weighted by Gasteiger charge is -2.34. The van der Waals surface area contributed by atoms with Crippen LogP contribution >= 0.6 is 0 Å². The molecule has 2 aliphatic rings. The fourth-order valence-corrected chi connectivity index (χ4v) is 3.62. The first-order chi connectivity index (χ1) is 13.8. The quantitative estimate of drug-likeness (QED) is 0.702. The molecule has 2 aromatic heterocycles. The Morgan fingerprint density at radius 3 is 2.32 bits per heavy atom. The van der Waals surface area contributed by atoms with Crippen molar-refractivity contribution in [2.45, 2.75) is 18.8 Å². The van der Waals surface area contributed by atoms with Crippen molar-refractivity contribution < 1.29 is 4.79 Å². The smallest absolute Gasteiger partial charge is 0.272 e. The summed E-state index contributed by atoms with van der Waals surface area (Å²) >= 11 is 0. The van der Waals surface area contributed by atoms with Gasteiger partial charge in [-0.05, 0) is 37.1 Å². The van der Waals surface area contributed by atoms with Crippen LogP contribution in [-0.2, 0) is 0 Å². The fraction of sp³-hybridized carbons (Fsp3) is 0.333. The molecule has 142 valence electrons. The van der Waals surface area contributed by atoms with Crippen LogP contribution in [0.5, 0.6) is 0 Å². The van der Waals surface area contributed by atoms with Gasteiger partial charge in [0.2, 0.25) is 5.95 Å². The molecule has 28 heavy (non-hydrogen) atoms. The lowest BCUT2D eigenvalue weighted by atomic mass is 10.2. The van der Waals surface area contributed by atoms with Crippen LogP contribution in [0.4, 0.5) is 5.95 Å². The van der Waals surface area contributed by atoms with Gasteiger partial charge in [-0.3, -0.25) is 4.79 Å². The van der Waals surface area contributed by atoms with Crippen molar-refractivity contribution in [3.8, 4) is 5.69 Å². The van der Waals surface area contributed by atoms with E-state index in [9.17, 15) is 4.79 Å². The van der Waals surface area contributed by atoms with Crippen molar-refractivity contribution in [3.05, 3.63) is 66.2 Å². The van der Waals surface area contributed by atoms with Gasteiger partial charge in [0.25, 0.3) is 5.91 Å². The Hall–Kier alpha value is -3.22. The number of rotatable bonds is 4. The number of hydrogen-bond acceptors (Lipinski definition) is 5. The zero-order valence-electron chi connectivity index (χ0n) is 15.6. The summed E-state index contributed by atoms with van der Waals surface area (Å²) in [6.07, 6.45) is 5.82. The van der Waals surface area contributed by atoms with Gasteiger partial charge >= 0.3 is 0 Å². The Morgan fingerprint density at radius 1 is 0.929 bits per heavy atom. The highest BCUT2D eigenvalue weighted by Crippen LogP contribution is 2.39. The summed E-state index contributed by atoms with van der Waals surface area (Å²) in [4.78, 5) is 26.0. The summed E-state index contributed by atoms with van der Waals surface area (Å²) in [5, 5.41) is 4.76. The van der Waals surface area contributed by atoms with Gasteiger partial charge in [0.05, 0.1) is 11.4 Å². The molecule has 1 aliphatic heterocycles. The molecule has 1 amide bonds. The van der Waals surface area contributed by atoms with Crippen molar-refractivity contribution in [2.75, 3.05) is 31.1 Å². The minimum Gasteiger partial charge on any atom is -0.337 e. The molecule has 1 aromatic carbocycles. The van der Waals surface area contributed by atoms with E-state index in [1.807, 2.05) is 52.0 Å². The number of carbonyl (C=O) groups excluding carboxylic acids is 1. The van der Waals surface area contributed by atoms with E-state index in [2.05, 4.69) is 14.9 Å². The molecule has 0 atom stereocenters. The lowest BCUT2D eigenvalue weighted by Crippen LogP contribution is -2.49. The number of aromatic nitrogens is 4. The second kappa shape index (κ2) is 7.07. The van der Waals surface area contributed by atoms with E-state index < -0.39 is 0 Å². The summed E-state index contributed by atoms with van der Waals surface area (Å²) < 4.78 is 1.81. The van der Waals surface area contributed by atoms with Gasteiger partial charge in [-0.2, -0.15) is 5.10 Å². The molecule has 7 nitrogen and oxygen atoms in total. The van der Waals surface area contributed by atoms with E-state index in [4.69, 9.17) is 5.10 Å². The second-order valence-corrected chi connectivity index (χ2v) is 7.30. The summed E-state index contributed by atoms with van der Waals surface area (Å²) in [6.45, 7) is 2.75. The minimum atomic E-state index is 0.0388. The predicted octanol–water partition coefficient (Wildman–Crippen LogP) is 2.50. The highest BCUT2D eigenvalue weighted by atomic mass is 16.2. The molecule has 7 heteroatoms. The van der Waals surface area contributed by atoms with Crippen LogP contribution in [0.25, 0.3) is 5.69 Å². The molecule has 0 radical (unpaired) electrons. The Bertz CT molecular complexity index is 959. The zero-order chi connectivity index (χ0) is 18.9. The third-order valence-electron chi connectivity index (χ3n) is 5.35. The lowest BCUT2D eigenvalue weighted by molar-refractivity contribution is 0.0737. The van der Waals surface area contributed by atoms with Gasteiger partial charge < -0.3 is 9.80 Å². The fourth-order valence-electron chi connectivity index (χ4n) is 3.62. The molecule has 2 fully saturated rings. The van der Waals surface area contributed by atoms with Gasteiger partial charge in [-0.1, -0.05) is 18.2 Å². The maximum atomic E-state index is 13.3. The molecule has 3 heterocycles. The molecule has 1 saturated heterocycles. The standard InChI is InChI=1S/C21H22N6O/c28-20(25-11-13-26(14-12-25)21-22-9-4-10-23-21)19-15-18(16-7-8-16)24-27(19)17-5-2-1-3-6-17/h1-6,9-10,15-16H,7-8,11-14H2. The van der Waals surface area contributed by atoms with Gasteiger partial charge in [0, 0.05) is 44.5 Å². The molecule has 1 saturated carbocycles. The second-order valence-electron chi connectivity index (χ2n) is 7.30. The van der Waals surface area contributed by atoms with Crippen molar-refractivity contribution >= 4 is 11.9 Å². The average molecular weight is 374 g/mol. The van der Waals surface area contributed by atoms with Crippen molar-refractivity contribution in [2.24, 2.45) is 0 Å². The van der Waals surface area contributed by atoms with E-state index in [1.54, 1.807) is 12.4 Å². The summed E-state index contributed by atoms with van der Waals surface area (Å²) in [6, 6.07) is 13.7. The van der Waals surface area contributed by atoms with Crippen LogP contribution in [0.1, 0.15) is 34.9 Å². The third kappa shape index (κ3) is 3.24. The van der Waals surface area contributed by atoms with Gasteiger partial charge in [0.15, 0.2) is 0 Å².